The van der Waals surface area contributed by atoms with Gasteiger partial charge in [0, 0.05) is 35.3 Å². The molecule has 0 atom stereocenters. The Morgan fingerprint density at radius 3 is 2.06 bits per heavy atom. The Kier molecular flexibility index (Phi) is 2.73. The molecule has 82 valence electrons. The van der Waals surface area contributed by atoms with E-state index in [0.717, 1.165) is 16.8 Å². The van der Waals surface area contributed by atoms with Gasteiger partial charge >= 0.3 is 0 Å². The maximum Gasteiger partial charge on any atom is 0.0457 e. The zero-order valence-electron chi connectivity index (χ0n) is 9.94. The highest BCUT2D eigenvalue weighted by atomic mass is 14.7. The van der Waals surface area contributed by atoms with E-state index in [1.165, 1.54) is 0 Å². The Labute approximate surface area is 96.4 Å². The molecule has 0 aliphatic carbocycles. The summed E-state index contributed by atoms with van der Waals surface area (Å²) >= 11 is 0. The molecule has 2 heterocycles. The van der Waals surface area contributed by atoms with Crippen LogP contribution in [0.2, 0.25) is 0 Å². The summed E-state index contributed by atoms with van der Waals surface area (Å²) in [5.74, 6) is 0. The standard InChI is InChI=1S/C14H16N2/c1-14(2,3)13-5-4-12(10-16-13)11-6-8-15-9-7-11/h4-10H,1-3H3. The quantitative estimate of drug-likeness (QED) is 0.723. The highest BCUT2D eigenvalue weighted by Crippen LogP contribution is 2.23. The second kappa shape index (κ2) is 4.05. The average Bonchev–Trinajstić information content (AvgIpc) is 2.29. The third kappa shape index (κ3) is 2.27. The molecule has 0 amide bonds. The van der Waals surface area contributed by atoms with Crippen molar-refractivity contribution in [1.29, 1.82) is 0 Å². The van der Waals surface area contributed by atoms with Crippen molar-refractivity contribution < 1.29 is 0 Å². The topological polar surface area (TPSA) is 25.8 Å². The van der Waals surface area contributed by atoms with Crippen LogP contribution < -0.4 is 0 Å². The maximum absolute atomic E-state index is 4.51. The summed E-state index contributed by atoms with van der Waals surface area (Å²) in [6.07, 6.45) is 5.52. The van der Waals surface area contributed by atoms with Gasteiger partial charge in [-0.25, -0.2) is 0 Å². The Bertz CT molecular complexity index is 452. The molecule has 2 rings (SSSR count). The monoisotopic (exact) mass is 212 g/mol. The lowest BCUT2D eigenvalue weighted by molar-refractivity contribution is 0.569. The Morgan fingerprint density at radius 1 is 0.875 bits per heavy atom. The number of pyridine rings is 2. The van der Waals surface area contributed by atoms with Crippen molar-refractivity contribution >= 4 is 0 Å². The third-order valence-corrected chi connectivity index (χ3v) is 2.55. The van der Waals surface area contributed by atoms with E-state index in [-0.39, 0.29) is 5.41 Å². The minimum absolute atomic E-state index is 0.108. The molecule has 0 saturated carbocycles. The molecule has 0 aliphatic heterocycles. The molecule has 0 aliphatic rings. The molecule has 2 nitrogen and oxygen atoms in total. The number of hydrogen-bond acceptors (Lipinski definition) is 2. The first kappa shape index (κ1) is 10.8. The molecule has 16 heavy (non-hydrogen) atoms. The van der Waals surface area contributed by atoms with Crippen LogP contribution >= 0.6 is 0 Å². The molecule has 0 radical (unpaired) electrons. The van der Waals surface area contributed by atoms with Crippen LogP contribution in [0.15, 0.2) is 42.9 Å². The predicted molar refractivity (Wildman–Crippen MR) is 66.2 cm³/mol. The zero-order valence-corrected chi connectivity index (χ0v) is 9.94. The van der Waals surface area contributed by atoms with Crippen LogP contribution in [-0.4, -0.2) is 9.97 Å². The van der Waals surface area contributed by atoms with Crippen molar-refractivity contribution in [3.63, 3.8) is 0 Å². The van der Waals surface area contributed by atoms with Gasteiger partial charge in [0.15, 0.2) is 0 Å². The van der Waals surface area contributed by atoms with Crippen LogP contribution in [0.1, 0.15) is 26.5 Å². The van der Waals surface area contributed by atoms with Crippen molar-refractivity contribution in [2.75, 3.05) is 0 Å². The summed E-state index contributed by atoms with van der Waals surface area (Å²) in [6.45, 7) is 6.50. The van der Waals surface area contributed by atoms with Crippen molar-refractivity contribution in [3.8, 4) is 11.1 Å². The fourth-order valence-corrected chi connectivity index (χ4v) is 1.55. The van der Waals surface area contributed by atoms with E-state index in [2.05, 4.69) is 42.9 Å². The Balaban J connectivity index is 2.34. The van der Waals surface area contributed by atoms with E-state index in [0.29, 0.717) is 0 Å². The average molecular weight is 212 g/mol. The molecular formula is C14H16N2. The predicted octanol–water partition coefficient (Wildman–Crippen LogP) is 3.44. The summed E-state index contributed by atoms with van der Waals surface area (Å²) in [5.41, 5.74) is 3.51. The lowest BCUT2D eigenvalue weighted by Gasteiger charge is -2.17. The van der Waals surface area contributed by atoms with Gasteiger partial charge in [-0.2, -0.15) is 0 Å². The Hall–Kier alpha value is -1.70. The van der Waals surface area contributed by atoms with E-state index < -0.39 is 0 Å². The number of aromatic nitrogens is 2. The second-order valence-corrected chi connectivity index (χ2v) is 4.92. The molecule has 2 aromatic heterocycles. The van der Waals surface area contributed by atoms with Gasteiger partial charge in [0.1, 0.15) is 0 Å². The van der Waals surface area contributed by atoms with Gasteiger partial charge in [-0.05, 0) is 23.8 Å². The third-order valence-electron chi connectivity index (χ3n) is 2.55. The van der Waals surface area contributed by atoms with Crippen molar-refractivity contribution in [1.82, 2.24) is 9.97 Å². The Morgan fingerprint density at radius 2 is 1.56 bits per heavy atom. The van der Waals surface area contributed by atoms with E-state index >= 15 is 0 Å². The first-order valence-electron chi connectivity index (χ1n) is 5.44. The largest absolute Gasteiger partial charge is 0.265 e. The van der Waals surface area contributed by atoms with Crippen molar-refractivity contribution in [2.45, 2.75) is 26.2 Å². The molecular weight excluding hydrogens is 196 g/mol. The lowest BCUT2D eigenvalue weighted by atomic mass is 9.91. The maximum atomic E-state index is 4.51. The van der Waals surface area contributed by atoms with Crippen LogP contribution in [-0.2, 0) is 5.41 Å². The highest BCUT2D eigenvalue weighted by Gasteiger charge is 2.14. The summed E-state index contributed by atoms with van der Waals surface area (Å²) in [6, 6.07) is 8.19. The van der Waals surface area contributed by atoms with Gasteiger partial charge in [-0.1, -0.05) is 26.8 Å². The van der Waals surface area contributed by atoms with Crippen LogP contribution in [0.25, 0.3) is 11.1 Å². The summed E-state index contributed by atoms with van der Waals surface area (Å²) in [7, 11) is 0. The van der Waals surface area contributed by atoms with E-state index in [9.17, 15) is 0 Å². The van der Waals surface area contributed by atoms with Crippen molar-refractivity contribution in [3.05, 3.63) is 48.5 Å². The number of rotatable bonds is 1. The molecule has 0 spiro atoms. The van der Waals surface area contributed by atoms with Crippen LogP contribution in [0.5, 0.6) is 0 Å². The van der Waals surface area contributed by atoms with Gasteiger partial charge in [0.05, 0.1) is 0 Å². The zero-order chi connectivity index (χ0) is 11.6. The van der Waals surface area contributed by atoms with Gasteiger partial charge in [0.25, 0.3) is 0 Å². The van der Waals surface area contributed by atoms with Crippen LogP contribution in [0.4, 0.5) is 0 Å². The normalized spacial score (nSPS) is 11.4. The van der Waals surface area contributed by atoms with E-state index in [1.54, 1.807) is 12.4 Å². The molecule has 0 fully saturated rings. The summed E-state index contributed by atoms with van der Waals surface area (Å²) in [4.78, 5) is 8.51. The number of nitrogens with zero attached hydrogens (tertiary/aromatic N) is 2. The molecule has 0 N–H and O–H groups in total. The van der Waals surface area contributed by atoms with Gasteiger partial charge in [-0.15, -0.1) is 0 Å². The van der Waals surface area contributed by atoms with Gasteiger partial charge in [-0.3, -0.25) is 9.97 Å². The summed E-state index contributed by atoms with van der Waals surface area (Å²) < 4.78 is 0. The number of hydrogen-bond donors (Lipinski definition) is 0. The highest BCUT2D eigenvalue weighted by molar-refractivity contribution is 5.61. The van der Waals surface area contributed by atoms with E-state index in [1.807, 2.05) is 18.3 Å². The van der Waals surface area contributed by atoms with Gasteiger partial charge in [0.2, 0.25) is 0 Å². The van der Waals surface area contributed by atoms with E-state index in [4.69, 9.17) is 0 Å². The molecule has 0 saturated heterocycles. The summed E-state index contributed by atoms with van der Waals surface area (Å²) in [5, 5.41) is 0. The van der Waals surface area contributed by atoms with Crippen LogP contribution in [0.3, 0.4) is 0 Å². The molecule has 0 aromatic carbocycles. The molecule has 0 unspecified atom stereocenters. The smallest absolute Gasteiger partial charge is 0.0457 e. The second-order valence-electron chi connectivity index (χ2n) is 4.92. The molecule has 2 heteroatoms. The lowest BCUT2D eigenvalue weighted by Crippen LogP contribution is -2.12. The molecule has 2 aromatic rings. The minimum atomic E-state index is 0.108. The molecule has 0 bridgehead atoms. The first-order valence-corrected chi connectivity index (χ1v) is 5.44. The van der Waals surface area contributed by atoms with Crippen LogP contribution in [0, 0.1) is 0 Å². The van der Waals surface area contributed by atoms with Crippen molar-refractivity contribution in [2.24, 2.45) is 0 Å². The SMILES string of the molecule is CC(C)(C)c1ccc(-c2ccncc2)cn1. The van der Waals surface area contributed by atoms with Gasteiger partial charge < -0.3 is 0 Å². The fraction of sp³-hybridized carbons (Fsp3) is 0.286. The fourth-order valence-electron chi connectivity index (χ4n) is 1.55. The minimum Gasteiger partial charge on any atom is -0.265 e. The first-order chi connectivity index (χ1) is 7.57.